The highest BCUT2D eigenvalue weighted by Gasteiger charge is 2.17. The SMILES string of the molecule is CC(=O)N(CCC(=O)NCc1ccncc1)c1ccc(N2CCC(C)CC2)cc1. The van der Waals surface area contributed by atoms with Crippen LogP contribution >= 0.6 is 0 Å². The molecule has 0 atom stereocenters. The normalized spacial score (nSPS) is 14.5. The molecular weight excluding hydrogens is 364 g/mol. The van der Waals surface area contributed by atoms with E-state index in [1.807, 2.05) is 24.3 Å². The molecule has 3 rings (SSSR count). The van der Waals surface area contributed by atoms with E-state index in [1.54, 1.807) is 17.3 Å². The van der Waals surface area contributed by atoms with Crippen molar-refractivity contribution in [2.24, 2.45) is 5.92 Å². The van der Waals surface area contributed by atoms with Crippen molar-refractivity contribution in [1.29, 1.82) is 0 Å². The van der Waals surface area contributed by atoms with Crippen LogP contribution in [0.1, 0.15) is 38.7 Å². The molecule has 1 aliphatic rings. The van der Waals surface area contributed by atoms with E-state index < -0.39 is 0 Å². The molecular formula is C23H30N4O2. The lowest BCUT2D eigenvalue weighted by Crippen LogP contribution is -2.34. The molecule has 29 heavy (non-hydrogen) atoms. The second-order valence-corrected chi connectivity index (χ2v) is 7.74. The summed E-state index contributed by atoms with van der Waals surface area (Å²) in [5.74, 6) is 0.655. The topological polar surface area (TPSA) is 65.5 Å². The van der Waals surface area contributed by atoms with Crippen molar-refractivity contribution in [1.82, 2.24) is 10.3 Å². The summed E-state index contributed by atoms with van der Waals surface area (Å²) in [6, 6.07) is 11.8. The molecule has 6 nitrogen and oxygen atoms in total. The Morgan fingerprint density at radius 2 is 1.76 bits per heavy atom. The molecule has 1 N–H and O–H groups in total. The molecule has 1 saturated heterocycles. The maximum Gasteiger partial charge on any atom is 0.223 e. The fourth-order valence-corrected chi connectivity index (χ4v) is 3.58. The number of rotatable bonds is 7. The highest BCUT2D eigenvalue weighted by atomic mass is 16.2. The van der Waals surface area contributed by atoms with Crippen LogP contribution in [0.2, 0.25) is 0 Å². The Morgan fingerprint density at radius 3 is 2.38 bits per heavy atom. The molecule has 1 fully saturated rings. The number of carbonyl (C=O) groups is 2. The maximum atomic E-state index is 12.2. The molecule has 6 heteroatoms. The maximum absolute atomic E-state index is 12.2. The van der Waals surface area contributed by atoms with Gasteiger partial charge in [0.1, 0.15) is 0 Å². The quantitative estimate of drug-likeness (QED) is 0.782. The van der Waals surface area contributed by atoms with E-state index in [1.165, 1.54) is 25.5 Å². The number of amides is 2. The van der Waals surface area contributed by atoms with Crippen molar-refractivity contribution < 1.29 is 9.59 Å². The number of piperidine rings is 1. The second-order valence-electron chi connectivity index (χ2n) is 7.74. The summed E-state index contributed by atoms with van der Waals surface area (Å²) in [5.41, 5.74) is 3.02. The first-order valence-corrected chi connectivity index (χ1v) is 10.3. The molecule has 0 aliphatic carbocycles. The Bertz CT molecular complexity index is 799. The molecule has 0 radical (unpaired) electrons. The summed E-state index contributed by atoms with van der Waals surface area (Å²) in [5, 5.41) is 2.89. The average Bonchev–Trinajstić information content (AvgIpc) is 2.74. The molecule has 154 valence electrons. The minimum absolute atomic E-state index is 0.0634. The van der Waals surface area contributed by atoms with Crippen LogP contribution in [0.5, 0.6) is 0 Å². The Hall–Kier alpha value is -2.89. The largest absolute Gasteiger partial charge is 0.372 e. The highest BCUT2D eigenvalue weighted by Crippen LogP contribution is 2.25. The number of pyridine rings is 1. The summed E-state index contributed by atoms with van der Waals surface area (Å²) >= 11 is 0. The van der Waals surface area contributed by atoms with E-state index in [4.69, 9.17) is 0 Å². The Morgan fingerprint density at radius 1 is 1.10 bits per heavy atom. The standard InChI is InChI=1S/C23H30N4O2/c1-18-9-14-26(15-10-18)21-3-5-22(6-4-21)27(19(2)28)16-11-23(29)25-17-20-7-12-24-13-8-20/h3-8,12-13,18H,9-11,14-17H2,1-2H3,(H,25,29). The minimum Gasteiger partial charge on any atom is -0.372 e. The van der Waals surface area contributed by atoms with E-state index >= 15 is 0 Å². The zero-order chi connectivity index (χ0) is 20.6. The van der Waals surface area contributed by atoms with Gasteiger partial charge < -0.3 is 15.1 Å². The zero-order valence-electron chi connectivity index (χ0n) is 17.3. The van der Waals surface area contributed by atoms with E-state index in [-0.39, 0.29) is 18.2 Å². The van der Waals surface area contributed by atoms with Gasteiger partial charge in [-0.05, 0) is 60.7 Å². The predicted octanol–water partition coefficient (Wildman–Crippen LogP) is 3.38. The van der Waals surface area contributed by atoms with Crippen LogP contribution in [0.15, 0.2) is 48.8 Å². The molecule has 0 unspecified atom stereocenters. The van der Waals surface area contributed by atoms with Crippen LogP contribution in [-0.2, 0) is 16.1 Å². The summed E-state index contributed by atoms with van der Waals surface area (Å²) < 4.78 is 0. The molecule has 0 spiro atoms. The first-order valence-electron chi connectivity index (χ1n) is 10.3. The fourth-order valence-electron chi connectivity index (χ4n) is 3.58. The molecule has 2 amide bonds. The third-order valence-electron chi connectivity index (χ3n) is 5.49. The Labute approximate surface area is 172 Å². The number of aromatic nitrogens is 1. The lowest BCUT2D eigenvalue weighted by Gasteiger charge is -2.32. The van der Waals surface area contributed by atoms with Gasteiger partial charge in [-0.3, -0.25) is 14.6 Å². The molecule has 2 aromatic rings. The minimum atomic E-state index is -0.0767. The lowest BCUT2D eigenvalue weighted by atomic mass is 9.99. The molecule has 1 aromatic carbocycles. The summed E-state index contributed by atoms with van der Waals surface area (Å²) in [6.45, 7) is 6.82. The van der Waals surface area contributed by atoms with Crippen molar-refractivity contribution in [3.63, 3.8) is 0 Å². The summed E-state index contributed by atoms with van der Waals surface area (Å²) in [7, 11) is 0. The predicted molar refractivity (Wildman–Crippen MR) is 116 cm³/mol. The monoisotopic (exact) mass is 394 g/mol. The number of nitrogens with zero attached hydrogens (tertiary/aromatic N) is 3. The molecule has 0 bridgehead atoms. The van der Waals surface area contributed by atoms with Crippen LogP contribution in [0.25, 0.3) is 0 Å². The highest BCUT2D eigenvalue weighted by molar-refractivity contribution is 5.92. The number of anilines is 2. The van der Waals surface area contributed by atoms with Gasteiger partial charge in [-0.25, -0.2) is 0 Å². The first kappa shape index (κ1) is 20.8. The number of carbonyl (C=O) groups excluding carboxylic acids is 2. The van der Waals surface area contributed by atoms with Crippen LogP contribution in [-0.4, -0.2) is 36.4 Å². The summed E-state index contributed by atoms with van der Waals surface area (Å²) in [4.78, 5) is 32.3. The number of nitrogens with one attached hydrogen (secondary N) is 1. The summed E-state index contributed by atoms with van der Waals surface area (Å²) in [6.07, 6.45) is 6.10. The van der Waals surface area contributed by atoms with Crippen molar-refractivity contribution in [3.8, 4) is 0 Å². The molecule has 0 saturated carbocycles. The fraction of sp³-hybridized carbons (Fsp3) is 0.435. The zero-order valence-corrected chi connectivity index (χ0v) is 17.3. The van der Waals surface area contributed by atoms with Gasteiger partial charge in [0.25, 0.3) is 0 Å². The Kier molecular flexibility index (Phi) is 7.22. The molecule has 1 aliphatic heterocycles. The molecule has 1 aromatic heterocycles. The van der Waals surface area contributed by atoms with Gasteiger partial charge in [-0.1, -0.05) is 6.92 Å². The van der Waals surface area contributed by atoms with E-state index in [9.17, 15) is 9.59 Å². The third kappa shape index (κ3) is 6.04. The van der Waals surface area contributed by atoms with E-state index in [0.29, 0.717) is 13.1 Å². The van der Waals surface area contributed by atoms with Gasteiger partial charge in [-0.15, -0.1) is 0 Å². The average molecular weight is 395 g/mol. The first-order chi connectivity index (χ1) is 14.0. The van der Waals surface area contributed by atoms with Crippen LogP contribution in [0.3, 0.4) is 0 Å². The van der Waals surface area contributed by atoms with Gasteiger partial charge in [-0.2, -0.15) is 0 Å². The smallest absolute Gasteiger partial charge is 0.223 e. The number of hydrogen-bond acceptors (Lipinski definition) is 4. The van der Waals surface area contributed by atoms with Gasteiger partial charge in [0.05, 0.1) is 0 Å². The third-order valence-corrected chi connectivity index (χ3v) is 5.49. The van der Waals surface area contributed by atoms with Gasteiger partial charge in [0.15, 0.2) is 0 Å². The van der Waals surface area contributed by atoms with Gasteiger partial charge in [0, 0.05) is 63.3 Å². The lowest BCUT2D eigenvalue weighted by molar-refractivity contribution is -0.121. The van der Waals surface area contributed by atoms with E-state index in [2.05, 4.69) is 34.3 Å². The Balaban J connectivity index is 1.53. The number of hydrogen-bond donors (Lipinski definition) is 1. The molecule has 2 heterocycles. The van der Waals surface area contributed by atoms with Crippen molar-refractivity contribution in [3.05, 3.63) is 54.4 Å². The van der Waals surface area contributed by atoms with Crippen molar-refractivity contribution in [2.75, 3.05) is 29.4 Å². The van der Waals surface area contributed by atoms with Crippen molar-refractivity contribution in [2.45, 2.75) is 39.7 Å². The second kappa shape index (κ2) is 10.0. The number of benzene rings is 1. The van der Waals surface area contributed by atoms with Gasteiger partial charge in [0.2, 0.25) is 11.8 Å². The van der Waals surface area contributed by atoms with Crippen molar-refractivity contribution >= 4 is 23.2 Å². The van der Waals surface area contributed by atoms with E-state index in [0.717, 1.165) is 30.3 Å². The van der Waals surface area contributed by atoms with Crippen LogP contribution in [0.4, 0.5) is 11.4 Å². The van der Waals surface area contributed by atoms with Gasteiger partial charge >= 0.3 is 0 Å². The van der Waals surface area contributed by atoms with Crippen LogP contribution in [0, 0.1) is 5.92 Å². The van der Waals surface area contributed by atoms with Crippen LogP contribution < -0.4 is 15.1 Å².